The van der Waals surface area contributed by atoms with Gasteiger partial charge in [0.1, 0.15) is 5.82 Å². The molecule has 0 spiro atoms. The van der Waals surface area contributed by atoms with E-state index in [1.165, 1.54) is 4.90 Å². The number of nitrogens with zero attached hydrogens (tertiary/aromatic N) is 4. The van der Waals surface area contributed by atoms with Crippen LogP contribution in [0.15, 0.2) is 71.3 Å². The van der Waals surface area contributed by atoms with E-state index < -0.39 is 0 Å². The van der Waals surface area contributed by atoms with E-state index in [1.807, 2.05) is 44.2 Å². The number of carbonyl (C=O) groups excluding carboxylic acids is 2. The lowest BCUT2D eigenvalue weighted by Gasteiger charge is -2.17. The maximum Gasteiger partial charge on any atom is 0.254 e. The number of nitrogens with one attached hydrogen (secondary N) is 1. The van der Waals surface area contributed by atoms with Gasteiger partial charge in [0.15, 0.2) is 0 Å². The van der Waals surface area contributed by atoms with Crippen LogP contribution in [0.25, 0.3) is 22.9 Å². The van der Waals surface area contributed by atoms with Crippen molar-refractivity contribution >= 4 is 17.6 Å². The molecular weight excluding hydrogens is 418 g/mol. The van der Waals surface area contributed by atoms with E-state index in [0.29, 0.717) is 28.7 Å². The average molecular weight is 441 g/mol. The third-order valence-electron chi connectivity index (χ3n) is 5.09. The summed E-state index contributed by atoms with van der Waals surface area (Å²) in [6.07, 6.45) is 1.62. The summed E-state index contributed by atoms with van der Waals surface area (Å²) >= 11 is 0. The van der Waals surface area contributed by atoms with Crippen molar-refractivity contribution in [1.82, 2.24) is 20.1 Å². The van der Waals surface area contributed by atoms with E-state index in [9.17, 15) is 9.59 Å². The van der Waals surface area contributed by atoms with Gasteiger partial charge in [-0.25, -0.2) is 4.98 Å². The van der Waals surface area contributed by atoms with Gasteiger partial charge in [-0.2, -0.15) is 0 Å². The van der Waals surface area contributed by atoms with Crippen molar-refractivity contribution in [2.45, 2.75) is 13.8 Å². The fraction of sp³-hybridized carbons (Fsp3) is 0.160. The number of hydrogen-bond acceptors (Lipinski definition) is 6. The molecule has 166 valence electrons. The average Bonchev–Trinajstić information content (AvgIpc) is 3.29. The van der Waals surface area contributed by atoms with Crippen molar-refractivity contribution in [3.05, 3.63) is 83.6 Å². The lowest BCUT2D eigenvalue weighted by atomic mass is 10.1. The highest BCUT2D eigenvalue weighted by molar-refractivity contribution is 5.99. The van der Waals surface area contributed by atoms with Crippen molar-refractivity contribution in [2.24, 2.45) is 0 Å². The fourth-order valence-electron chi connectivity index (χ4n) is 3.31. The number of aromatic nitrogens is 3. The predicted octanol–water partition coefficient (Wildman–Crippen LogP) is 4.13. The molecule has 0 saturated carbocycles. The van der Waals surface area contributed by atoms with Crippen molar-refractivity contribution in [3.8, 4) is 22.9 Å². The minimum absolute atomic E-state index is 0.0976. The van der Waals surface area contributed by atoms with Crippen molar-refractivity contribution in [1.29, 1.82) is 0 Å². The molecule has 2 aromatic carbocycles. The topological polar surface area (TPSA) is 101 Å². The Balaban J connectivity index is 1.41. The van der Waals surface area contributed by atoms with Crippen LogP contribution < -0.4 is 5.32 Å². The molecule has 2 aromatic heterocycles. The maximum absolute atomic E-state index is 12.7. The van der Waals surface area contributed by atoms with Gasteiger partial charge in [0.25, 0.3) is 5.91 Å². The molecule has 1 N–H and O–H groups in total. The van der Waals surface area contributed by atoms with E-state index in [-0.39, 0.29) is 18.4 Å². The second kappa shape index (κ2) is 9.44. The smallest absolute Gasteiger partial charge is 0.254 e. The number of carbonyl (C=O) groups is 2. The zero-order valence-electron chi connectivity index (χ0n) is 18.6. The van der Waals surface area contributed by atoms with Crippen LogP contribution in [0.1, 0.15) is 21.5 Å². The summed E-state index contributed by atoms with van der Waals surface area (Å²) in [5.41, 5.74) is 4.05. The minimum atomic E-state index is -0.324. The molecule has 8 heteroatoms. The molecule has 0 saturated heterocycles. The minimum Gasteiger partial charge on any atom is -0.416 e. The number of anilines is 1. The zero-order chi connectivity index (χ0) is 23.4. The Morgan fingerprint density at radius 1 is 0.970 bits per heavy atom. The van der Waals surface area contributed by atoms with E-state index in [2.05, 4.69) is 20.5 Å². The lowest BCUT2D eigenvalue weighted by molar-refractivity contribution is -0.116. The Hall–Kier alpha value is -4.33. The number of likely N-dealkylation sites (N-methyl/N-ethyl adjacent to an activating group) is 1. The normalized spacial score (nSPS) is 10.6. The second-order valence-corrected chi connectivity index (χ2v) is 7.73. The second-order valence-electron chi connectivity index (χ2n) is 7.73. The molecule has 0 aliphatic carbocycles. The maximum atomic E-state index is 12.7. The summed E-state index contributed by atoms with van der Waals surface area (Å²) in [4.78, 5) is 30.5. The summed E-state index contributed by atoms with van der Waals surface area (Å²) in [5.74, 6) is 0.660. The van der Waals surface area contributed by atoms with Gasteiger partial charge >= 0.3 is 0 Å². The highest BCUT2D eigenvalue weighted by atomic mass is 16.4. The number of hydrogen-bond donors (Lipinski definition) is 1. The van der Waals surface area contributed by atoms with Crippen LogP contribution in [-0.4, -0.2) is 45.5 Å². The molecule has 4 rings (SSSR count). The Morgan fingerprint density at radius 3 is 2.42 bits per heavy atom. The Kier molecular flexibility index (Phi) is 6.26. The van der Waals surface area contributed by atoms with Gasteiger partial charge in [-0.1, -0.05) is 18.2 Å². The van der Waals surface area contributed by atoms with Gasteiger partial charge in [-0.05, 0) is 67.4 Å². The molecule has 33 heavy (non-hydrogen) atoms. The first kappa shape index (κ1) is 21.9. The standard InChI is InChI=1S/C25H23N5O3/c1-16-12-13-26-21(14-16)27-22(31)15-30(3)25(32)19-10-8-18(9-11-19)23-28-29-24(33-23)20-7-5-4-6-17(20)2/h4-14H,15H2,1-3H3,(H,26,27,31). The third kappa shape index (κ3) is 5.12. The number of pyridine rings is 1. The van der Waals surface area contributed by atoms with E-state index >= 15 is 0 Å². The van der Waals surface area contributed by atoms with Gasteiger partial charge in [0.05, 0.1) is 6.54 Å². The van der Waals surface area contributed by atoms with Crippen LogP contribution in [0.5, 0.6) is 0 Å². The third-order valence-corrected chi connectivity index (χ3v) is 5.09. The van der Waals surface area contributed by atoms with Crippen molar-refractivity contribution < 1.29 is 14.0 Å². The molecule has 2 amide bonds. The molecule has 0 aliphatic rings. The molecule has 0 unspecified atom stereocenters. The predicted molar refractivity (Wildman–Crippen MR) is 124 cm³/mol. The van der Waals surface area contributed by atoms with E-state index in [4.69, 9.17) is 4.42 Å². The molecule has 2 heterocycles. The molecule has 0 radical (unpaired) electrons. The number of aryl methyl sites for hydroxylation is 2. The van der Waals surface area contributed by atoms with E-state index in [1.54, 1.807) is 43.6 Å². The summed E-state index contributed by atoms with van der Waals surface area (Å²) in [6.45, 7) is 3.79. The summed E-state index contributed by atoms with van der Waals surface area (Å²) in [7, 11) is 1.58. The Morgan fingerprint density at radius 2 is 1.70 bits per heavy atom. The largest absolute Gasteiger partial charge is 0.416 e. The number of benzene rings is 2. The summed E-state index contributed by atoms with van der Waals surface area (Å²) in [6, 6.07) is 18.2. The van der Waals surface area contributed by atoms with Gasteiger partial charge in [-0.3, -0.25) is 9.59 Å². The van der Waals surface area contributed by atoms with Gasteiger partial charge in [-0.15, -0.1) is 10.2 Å². The van der Waals surface area contributed by atoms with Gasteiger partial charge in [0.2, 0.25) is 17.7 Å². The number of rotatable bonds is 6. The van der Waals surface area contributed by atoms with Crippen LogP contribution in [0.3, 0.4) is 0 Å². The van der Waals surface area contributed by atoms with Crippen LogP contribution >= 0.6 is 0 Å². The van der Waals surface area contributed by atoms with Crippen LogP contribution in [-0.2, 0) is 4.79 Å². The SMILES string of the molecule is Cc1ccnc(NC(=O)CN(C)C(=O)c2ccc(-c3nnc(-c4ccccc4C)o3)cc2)c1. The first-order chi connectivity index (χ1) is 15.9. The first-order valence-corrected chi connectivity index (χ1v) is 10.4. The highest BCUT2D eigenvalue weighted by Crippen LogP contribution is 2.26. The summed E-state index contributed by atoms with van der Waals surface area (Å²) < 4.78 is 5.83. The molecule has 0 bridgehead atoms. The van der Waals surface area contributed by atoms with Gasteiger partial charge < -0.3 is 14.6 Å². The molecular formula is C25H23N5O3. The Labute approximate surface area is 191 Å². The van der Waals surface area contributed by atoms with Crippen molar-refractivity contribution in [3.63, 3.8) is 0 Å². The Bertz CT molecular complexity index is 1300. The molecule has 0 fully saturated rings. The molecule has 4 aromatic rings. The quantitative estimate of drug-likeness (QED) is 0.483. The lowest BCUT2D eigenvalue weighted by Crippen LogP contribution is -2.35. The van der Waals surface area contributed by atoms with Crippen LogP contribution in [0.4, 0.5) is 5.82 Å². The molecule has 8 nitrogen and oxygen atoms in total. The summed E-state index contributed by atoms with van der Waals surface area (Å²) in [5, 5.41) is 11.0. The number of amides is 2. The first-order valence-electron chi connectivity index (χ1n) is 10.4. The molecule has 0 aliphatic heterocycles. The highest BCUT2D eigenvalue weighted by Gasteiger charge is 2.17. The van der Waals surface area contributed by atoms with Gasteiger partial charge in [0, 0.05) is 29.9 Å². The van der Waals surface area contributed by atoms with Crippen LogP contribution in [0.2, 0.25) is 0 Å². The van der Waals surface area contributed by atoms with E-state index in [0.717, 1.165) is 16.7 Å². The molecule has 0 atom stereocenters. The monoisotopic (exact) mass is 441 g/mol. The van der Waals surface area contributed by atoms with Crippen LogP contribution in [0, 0.1) is 13.8 Å². The fourth-order valence-corrected chi connectivity index (χ4v) is 3.31. The van der Waals surface area contributed by atoms with Crippen molar-refractivity contribution in [2.75, 3.05) is 18.9 Å². The zero-order valence-corrected chi connectivity index (χ0v) is 18.6.